The number of aryl methyl sites for hydroxylation is 3. The SMILES string of the molecule is Cc1ccccc1Oc1cccc(N2CCN(CCCCOc3cnc4c(n3)CCCC4)CC2)n1. The molecule has 3 heterocycles. The molecular weight excluding hydrogens is 438 g/mol. The summed E-state index contributed by atoms with van der Waals surface area (Å²) in [5, 5.41) is 0. The molecular formula is C28H35N5O2. The van der Waals surface area contributed by atoms with Crippen molar-refractivity contribution in [3.8, 4) is 17.5 Å². The predicted octanol–water partition coefficient (Wildman–Crippen LogP) is 4.83. The van der Waals surface area contributed by atoms with Gasteiger partial charge in [0.25, 0.3) is 0 Å². The van der Waals surface area contributed by atoms with Crippen molar-refractivity contribution in [3.63, 3.8) is 0 Å². The molecule has 184 valence electrons. The van der Waals surface area contributed by atoms with Gasteiger partial charge >= 0.3 is 0 Å². The van der Waals surface area contributed by atoms with Gasteiger partial charge in [-0.05, 0) is 69.7 Å². The average molecular weight is 474 g/mol. The highest BCUT2D eigenvalue weighted by atomic mass is 16.5. The molecule has 7 heteroatoms. The molecule has 0 atom stereocenters. The van der Waals surface area contributed by atoms with Crippen LogP contribution in [0.4, 0.5) is 5.82 Å². The first-order chi connectivity index (χ1) is 17.2. The Kier molecular flexibility index (Phi) is 7.73. The van der Waals surface area contributed by atoms with Crippen molar-refractivity contribution in [2.24, 2.45) is 0 Å². The summed E-state index contributed by atoms with van der Waals surface area (Å²) in [4.78, 5) is 18.8. The van der Waals surface area contributed by atoms with Crippen LogP contribution in [0.3, 0.4) is 0 Å². The number of aromatic nitrogens is 3. The number of nitrogens with zero attached hydrogens (tertiary/aromatic N) is 5. The molecule has 1 aliphatic heterocycles. The van der Waals surface area contributed by atoms with Crippen LogP contribution in [0.1, 0.15) is 42.6 Å². The Morgan fingerprint density at radius 2 is 1.66 bits per heavy atom. The molecule has 0 radical (unpaired) electrons. The zero-order chi connectivity index (χ0) is 23.9. The van der Waals surface area contributed by atoms with E-state index >= 15 is 0 Å². The molecule has 2 aromatic heterocycles. The molecule has 1 saturated heterocycles. The number of fused-ring (bicyclic) bond motifs is 1. The van der Waals surface area contributed by atoms with E-state index < -0.39 is 0 Å². The van der Waals surface area contributed by atoms with E-state index in [1.807, 2.05) is 43.3 Å². The third-order valence-electron chi connectivity index (χ3n) is 6.82. The lowest BCUT2D eigenvalue weighted by Gasteiger charge is -2.35. The molecule has 0 bridgehead atoms. The van der Waals surface area contributed by atoms with Crippen molar-refractivity contribution in [3.05, 3.63) is 65.6 Å². The van der Waals surface area contributed by atoms with Gasteiger partial charge in [0.2, 0.25) is 11.8 Å². The van der Waals surface area contributed by atoms with Crippen molar-refractivity contribution < 1.29 is 9.47 Å². The zero-order valence-corrected chi connectivity index (χ0v) is 20.7. The van der Waals surface area contributed by atoms with Crippen LogP contribution in [-0.4, -0.2) is 59.2 Å². The smallest absolute Gasteiger partial charge is 0.232 e. The van der Waals surface area contributed by atoms with Crippen molar-refractivity contribution in [1.82, 2.24) is 19.9 Å². The molecule has 5 rings (SSSR count). The average Bonchev–Trinajstić information content (AvgIpc) is 2.90. The van der Waals surface area contributed by atoms with E-state index in [0.29, 0.717) is 18.4 Å². The van der Waals surface area contributed by atoms with Crippen LogP contribution in [0.2, 0.25) is 0 Å². The fourth-order valence-electron chi connectivity index (χ4n) is 4.73. The molecule has 7 nitrogen and oxygen atoms in total. The van der Waals surface area contributed by atoms with Crippen molar-refractivity contribution in [2.75, 3.05) is 44.2 Å². The first-order valence-corrected chi connectivity index (χ1v) is 12.9. The maximum absolute atomic E-state index is 6.03. The lowest BCUT2D eigenvalue weighted by atomic mass is 10.0. The standard InChI is InChI=1S/C28H35N5O2/c1-22-9-2-5-12-25(22)35-27-14-8-13-26(31-27)33-18-16-32(17-19-33)15-6-7-20-34-28-21-29-23-10-3-4-11-24(23)30-28/h2,5,8-9,12-14,21H,3-4,6-7,10-11,15-20H2,1H3. The first kappa shape index (κ1) is 23.5. The van der Waals surface area contributed by atoms with Crippen LogP contribution in [0.15, 0.2) is 48.7 Å². The number of hydrogen-bond donors (Lipinski definition) is 0. The van der Waals surface area contributed by atoms with E-state index in [1.54, 1.807) is 6.20 Å². The number of rotatable bonds is 9. The van der Waals surface area contributed by atoms with Crippen LogP contribution in [0.25, 0.3) is 0 Å². The van der Waals surface area contributed by atoms with Gasteiger partial charge in [0, 0.05) is 32.2 Å². The number of pyridine rings is 1. The molecule has 1 fully saturated rings. The lowest BCUT2D eigenvalue weighted by Crippen LogP contribution is -2.46. The van der Waals surface area contributed by atoms with E-state index in [4.69, 9.17) is 14.5 Å². The molecule has 35 heavy (non-hydrogen) atoms. The Morgan fingerprint density at radius 3 is 2.51 bits per heavy atom. The number of ether oxygens (including phenoxy) is 2. The number of benzene rings is 1. The van der Waals surface area contributed by atoms with Gasteiger partial charge in [-0.25, -0.2) is 4.98 Å². The van der Waals surface area contributed by atoms with Crippen molar-refractivity contribution >= 4 is 5.82 Å². The molecule has 0 saturated carbocycles. The fourth-order valence-corrected chi connectivity index (χ4v) is 4.73. The van der Waals surface area contributed by atoms with Gasteiger partial charge in [0.05, 0.1) is 24.2 Å². The minimum absolute atomic E-state index is 0.642. The quantitative estimate of drug-likeness (QED) is 0.412. The van der Waals surface area contributed by atoms with Crippen LogP contribution in [0.5, 0.6) is 17.5 Å². The van der Waals surface area contributed by atoms with E-state index in [1.165, 1.54) is 12.8 Å². The van der Waals surface area contributed by atoms with Crippen molar-refractivity contribution in [1.29, 1.82) is 0 Å². The van der Waals surface area contributed by atoms with Crippen LogP contribution in [0, 0.1) is 6.92 Å². The molecule has 1 aliphatic carbocycles. The third-order valence-corrected chi connectivity index (χ3v) is 6.82. The van der Waals surface area contributed by atoms with Gasteiger partial charge in [-0.3, -0.25) is 9.88 Å². The number of unbranched alkanes of at least 4 members (excludes halogenated alkanes) is 1. The summed E-state index contributed by atoms with van der Waals surface area (Å²) < 4.78 is 11.9. The Morgan fingerprint density at radius 1 is 0.829 bits per heavy atom. The topological polar surface area (TPSA) is 63.6 Å². The lowest BCUT2D eigenvalue weighted by molar-refractivity contribution is 0.235. The summed E-state index contributed by atoms with van der Waals surface area (Å²) in [6, 6.07) is 14.0. The molecule has 0 N–H and O–H groups in total. The second kappa shape index (κ2) is 11.5. The van der Waals surface area contributed by atoms with Crippen LogP contribution < -0.4 is 14.4 Å². The Labute approximate surface area is 208 Å². The van der Waals surface area contributed by atoms with Gasteiger partial charge in [0.15, 0.2) is 0 Å². The highest BCUT2D eigenvalue weighted by Gasteiger charge is 2.18. The second-order valence-corrected chi connectivity index (χ2v) is 9.39. The summed E-state index contributed by atoms with van der Waals surface area (Å²) in [5.41, 5.74) is 3.39. The monoisotopic (exact) mass is 473 g/mol. The fraction of sp³-hybridized carbons (Fsp3) is 0.464. The number of anilines is 1. The van der Waals surface area contributed by atoms with Crippen LogP contribution >= 0.6 is 0 Å². The van der Waals surface area contributed by atoms with Gasteiger partial charge in [-0.1, -0.05) is 24.3 Å². The molecule has 0 amide bonds. The number of para-hydroxylation sites is 1. The summed E-state index contributed by atoms with van der Waals surface area (Å²) >= 11 is 0. The molecule has 2 aliphatic rings. The summed E-state index contributed by atoms with van der Waals surface area (Å²) in [5.74, 6) is 3.16. The largest absolute Gasteiger partial charge is 0.477 e. The van der Waals surface area contributed by atoms with E-state index in [2.05, 4.69) is 25.8 Å². The Bertz CT molecular complexity index is 1110. The van der Waals surface area contributed by atoms with E-state index in [0.717, 1.165) is 86.9 Å². The predicted molar refractivity (Wildman–Crippen MR) is 138 cm³/mol. The first-order valence-electron chi connectivity index (χ1n) is 12.9. The zero-order valence-electron chi connectivity index (χ0n) is 20.7. The normalized spacial score (nSPS) is 16.1. The Hall–Kier alpha value is -3.19. The van der Waals surface area contributed by atoms with Gasteiger partial charge in [-0.15, -0.1) is 0 Å². The Balaban J connectivity index is 1.02. The second-order valence-electron chi connectivity index (χ2n) is 9.39. The van der Waals surface area contributed by atoms with E-state index in [9.17, 15) is 0 Å². The highest BCUT2D eigenvalue weighted by molar-refractivity contribution is 5.43. The summed E-state index contributed by atoms with van der Waals surface area (Å²) in [6.45, 7) is 7.88. The maximum Gasteiger partial charge on any atom is 0.232 e. The molecule has 0 unspecified atom stereocenters. The van der Waals surface area contributed by atoms with Gasteiger partial charge in [0.1, 0.15) is 11.6 Å². The number of hydrogen-bond acceptors (Lipinski definition) is 7. The molecule has 1 aromatic carbocycles. The highest BCUT2D eigenvalue weighted by Crippen LogP contribution is 2.25. The van der Waals surface area contributed by atoms with Crippen LogP contribution in [-0.2, 0) is 12.8 Å². The minimum atomic E-state index is 0.642. The van der Waals surface area contributed by atoms with Crippen molar-refractivity contribution in [2.45, 2.75) is 45.4 Å². The molecule has 0 spiro atoms. The van der Waals surface area contributed by atoms with E-state index in [-0.39, 0.29) is 0 Å². The third kappa shape index (κ3) is 6.28. The minimum Gasteiger partial charge on any atom is -0.477 e. The van der Waals surface area contributed by atoms with Gasteiger partial charge < -0.3 is 14.4 Å². The maximum atomic E-state index is 6.03. The number of piperazine rings is 1. The summed E-state index contributed by atoms with van der Waals surface area (Å²) in [7, 11) is 0. The summed E-state index contributed by atoms with van der Waals surface area (Å²) in [6.07, 6.45) is 8.46. The van der Waals surface area contributed by atoms with Gasteiger partial charge in [-0.2, -0.15) is 4.98 Å². The molecule has 3 aromatic rings.